The number of hydrogen-bond acceptors (Lipinski definition) is 4. The van der Waals surface area contributed by atoms with Crippen LogP contribution in [0.15, 0.2) is 35.3 Å². The van der Waals surface area contributed by atoms with Gasteiger partial charge in [0.15, 0.2) is 5.96 Å². The monoisotopic (exact) mass is 500 g/mol. The van der Waals surface area contributed by atoms with Crippen LogP contribution in [-0.2, 0) is 4.74 Å². The number of rotatable bonds is 4. The molecule has 0 aliphatic carbocycles. The lowest BCUT2D eigenvalue weighted by molar-refractivity contribution is -0.0455. The Morgan fingerprint density at radius 1 is 1.18 bits per heavy atom. The minimum Gasteiger partial charge on any atom is -0.490 e. The molecular weight excluding hydrogens is 467 g/mol. The molecule has 3 aliphatic rings. The lowest BCUT2D eigenvalue weighted by Gasteiger charge is -2.37. The van der Waals surface area contributed by atoms with Crippen molar-refractivity contribution in [2.45, 2.75) is 43.9 Å². The maximum atomic E-state index is 6.10. The number of nitrogens with zero attached hydrogens (tertiary/aromatic N) is 3. The zero-order valence-electron chi connectivity index (χ0n) is 16.8. The maximum absolute atomic E-state index is 6.10. The van der Waals surface area contributed by atoms with Crippen molar-refractivity contribution in [3.05, 3.63) is 30.3 Å². The Labute approximate surface area is 185 Å². The third-order valence-corrected chi connectivity index (χ3v) is 5.95. The predicted molar refractivity (Wildman–Crippen MR) is 123 cm³/mol. The maximum Gasteiger partial charge on any atom is 0.193 e. The second-order valence-electron chi connectivity index (χ2n) is 7.79. The van der Waals surface area contributed by atoms with Gasteiger partial charge >= 0.3 is 0 Å². The Morgan fingerprint density at radius 2 is 1.96 bits per heavy atom. The summed E-state index contributed by atoms with van der Waals surface area (Å²) in [5.74, 6) is 1.95. The summed E-state index contributed by atoms with van der Waals surface area (Å²) in [6, 6.07) is 10.8. The van der Waals surface area contributed by atoms with Gasteiger partial charge in [-0.2, -0.15) is 0 Å². The van der Waals surface area contributed by atoms with Crippen molar-refractivity contribution in [1.82, 2.24) is 15.1 Å². The highest BCUT2D eigenvalue weighted by Crippen LogP contribution is 2.22. The zero-order valence-corrected chi connectivity index (χ0v) is 19.1. The highest BCUT2D eigenvalue weighted by atomic mass is 127. The van der Waals surface area contributed by atoms with E-state index in [4.69, 9.17) is 9.47 Å². The molecule has 0 amide bonds. The minimum absolute atomic E-state index is 0. The largest absolute Gasteiger partial charge is 0.490 e. The summed E-state index contributed by atoms with van der Waals surface area (Å²) < 4.78 is 12.2. The molecule has 0 saturated carbocycles. The number of piperidine rings is 1. The summed E-state index contributed by atoms with van der Waals surface area (Å²) in [6.07, 6.45) is 5.19. The normalized spacial score (nSPS) is 26.5. The third-order valence-electron chi connectivity index (χ3n) is 5.95. The van der Waals surface area contributed by atoms with Gasteiger partial charge in [-0.15, -0.1) is 24.0 Å². The van der Waals surface area contributed by atoms with E-state index in [2.05, 4.69) is 20.1 Å². The molecule has 3 heterocycles. The van der Waals surface area contributed by atoms with Gasteiger partial charge in [-0.05, 0) is 31.5 Å². The third kappa shape index (κ3) is 5.51. The first-order valence-electron chi connectivity index (χ1n) is 10.3. The summed E-state index contributed by atoms with van der Waals surface area (Å²) in [7, 11) is 1.87. The van der Waals surface area contributed by atoms with E-state index in [0.717, 1.165) is 57.3 Å². The van der Waals surface area contributed by atoms with E-state index < -0.39 is 0 Å². The van der Waals surface area contributed by atoms with E-state index in [1.54, 1.807) is 0 Å². The van der Waals surface area contributed by atoms with Crippen molar-refractivity contribution >= 4 is 29.9 Å². The fourth-order valence-electron chi connectivity index (χ4n) is 4.42. The van der Waals surface area contributed by atoms with E-state index in [-0.39, 0.29) is 36.2 Å². The number of para-hydroxylation sites is 1. The van der Waals surface area contributed by atoms with Crippen molar-refractivity contribution in [2.75, 3.05) is 46.4 Å². The standard InChI is InChI=1S/C21H32N4O2.HI/c1-22-21(23-14-20-15-25-11-5-6-17(25)16-26-20)24-12-9-19(10-13-24)27-18-7-3-2-4-8-18;/h2-4,7-8,17,19-20H,5-6,9-16H2,1H3,(H,22,23);1H. The quantitative estimate of drug-likeness (QED) is 0.392. The van der Waals surface area contributed by atoms with Gasteiger partial charge in [-0.3, -0.25) is 9.89 Å². The number of guanidine groups is 1. The highest BCUT2D eigenvalue weighted by Gasteiger charge is 2.32. The van der Waals surface area contributed by atoms with Crippen LogP contribution in [0.5, 0.6) is 5.75 Å². The number of aliphatic imine (C=N–C) groups is 1. The molecule has 3 fully saturated rings. The van der Waals surface area contributed by atoms with E-state index >= 15 is 0 Å². The number of ether oxygens (including phenoxy) is 2. The molecule has 3 saturated heterocycles. The lowest BCUT2D eigenvalue weighted by atomic mass is 10.1. The molecule has 1 aromatic rings. The van der Waals surface area contributed by atoms with Crippen LogP contribution >= 0.6 is 24.0 Å². The minimum atomic E-state index is 0. The fourth-order valence-corrected chi connectivity index (χ4v) is 4.42. The fraction of sp³-hybridized carbons (Fsp3) is 0.667. The van der Waals surface area contributed by atoms with E-state index in [9.17, 15) is 0 Å². The Kier molecular flexibility index (Phi) is 8.23. The highest BCUT2D eigenvalue weighted by molar-refractivity contribution is 14.0. The number of halogens is 1. The number of morpholine rings is 1. The Morgan fingerprint density at radius 3 is 2.71 bits per heavy atom. The number of nitrogens with one attached hydrogen (secondary N) is 1. The first-order valence-corrected chi connectivity index (χ1v) is 10.3. The Bertz CT molecular complexity index is 622. The molecule has 0 radical (unpaired) electrons. The van der Waals surface area contributed by atoms with Crippen LogP contribution in [0.25, 0.3) is 0 Å². The van der Waals surface area contributed by atoms with Crippen LogP contribution in [0.4, 0.5) is 0 Å². The molecule has 0 bridgehead atoms. The van der Waals surface area contributed by atoms with Crippen molar-refractivity contribution in [3.8, 4) is 5.75 Å². The number of benzene rings is 1. The second-order valence-corrected chi connectivity index (χ2v) is 7.79. The topological polar surface area (TPSA) is 49.3 Å². The van der Waals surface area contributed by atoms with Crippen LogP contribution in [0.2, 0.25) is 0 Å². The SMILES string of the molecule is CN=C(NCC1CN2CCCC2CO1)N1CCC(Oc2ccccc2)CC1.I. The van der Waals surface area contributed by atoms with Gasteiger partial charge in [-0.1, -0.05) is 18.2 Å². The molecule has 0 spiro atoms. The van der Waals surface area contributed by atoms with Crippen molar-refractivity contribution in [2.24, 2.45) is 4.99 Å². The van der Waals surface area contributed by atoms with Gasteiger partial charge in [0, 0.05) is 52.1 Å². The number of likely N-dealkylation sites (tertiary alicyclic amines) is 1. The van der Waals surface area contributed by atoms with Crippen molar-refractivity contribution in [3.63, 3.8) is 0 Å². The summed E-state index contributed by atoms with van der Waals surface area (Å²) >= 11 is 0. The molecule has 1 aromatic carbocycles. The van der Waals surface area contributed by atoms with Crippen LogP contribution in [0.3, 0.4) is 0 Å². The van der Waals surface area contributed by atoms with Gasteiger partial charge in [0.05, 0.1) is 12.7 Å². The molecule has 6 nitrogen and oxygen atoms in total. The second kappa shape index (κ2) is 10.6. The van der Waals surface area contributed by atoms with Gasteiger partial charge < -0.3 is 19.7 Å². The summed E-state index contributed by atoms with van der Waals surface area (Å²) in [4.78, 5) is 9.42. The van der Waals surface area contributed by atoms with E-state index in [0.29, 0.717) is 6.04 Å². The molecule has 1 N–H and O–H groups in total. The molecule has 3 aliphatic heterocycles. The number of fused-ring (bicyclic) bond motifs is 1. The van der Waals surface area contributed by atoms with Gasteiger partial charge in [0.2, 0.25) is 0 Å². The number of hydrogen-bond donors (Lipinski definition) is 1. The molecule has 0 aromatic heterocycles. The van der Waals surface area contributed by atoms with Gasteiger partial charge in [0.25, 0.3) is 0 Å². The Hall–Kier alpha value is -1.06. The predicted octanol–water partition coefficient (Wildman–Crippen LogP) is 2.59. The lowest BCUT2D eigenvalue weighted by Crippen LogP contribution is -2.53. The average molecular weight is 500 g/mol. The van der Waals surface area contributed by atoms with Crippen LogP contribution in [0.1, 0.15) is 25.7 Å². The first kappa shape index (κ1) is 21.6. The summed E-state index contributed by atoms with van der Waals surface area (Å²) in [6.45, 7) is 5.92. The zero-order chi connectivity index (χ0) is 18.5. The van der Waals surface area contributed by atoms with E-state index in [1.165, 1.54) is 19.4 Å². The van der Waals surface area contributed by atoms with Crippen LogP contribution < -0.4 is 10.1 Å². The molecule has 156 valence electrons. The molecule has 4 rings (SSSR count). The van der Waals surface area contributed by atoms with Crippen LogP contribution in [0, 0.1) is 0 Å². The molecular formula is C21H33IN4O2. The van der Waals surface area contributed by atoms with E-state index in [1.807, 2.05) is 37.4 Å². The van der Waals surface area contributed by atoms with Crippen molar-refractivity contribution in [1.29, 1.82) is 0 Å². The van der Waals surface area contributed by atoms with Crippen LogP contribution in [-0.4, -0.2) is 80.4 Å². The Balaban J connectivity index is 0.00000225. The smallest absolute Gasteiger partial charge is 0.193 e. The summed E-state index contributed by atoms with van der Waals surface area (Å²) in [5, 5.41) is 3.54. The molecule has 7 heteroatoms. The summed E-state index contributed by atoms with van der Waals surface area (Å²) in [5.41, 5.74) is 0. The van der Waals surface area contributed by atoms with Gasteiger partial charge in [0.1, 0.15) is 11.9 Å². The molecule has 28 heavy (non-hydrogen) atoms. The molecule has 2 unspecified atom stereocenters. The average Bonchev–Trinajstić information content (AvgIpc) is 3.18. The molecule has 2 atom stereocenters. The van der Waals surface area contributed by atoms with Crippen molar-refractivity contribution < 1.29 is 9.47 Å². The van der Waals surface area contributed by atoms with Gasteiger partial charge in [-0.25, -0.2) is 0 Å². The first-order chi connectivity index (χ1) is 13.3.